The molecular weight excluding hydrogens is 1850 g/mol. The summed E-state index contributed by atoms with van der Waals surface area (Å²) in [7, 11) is 1.68. The summed E-state index contributed by atoms with van der Waals surface area (Å²) in [6, 6.07) is 20.7. The van der Waals surface area contributed by atoms with Crippen LogP contribution in [0.1, 0.15) is 76.6 Å². The first kappa shape index (κ1) is 100. The highest BCUT2D eigenvalue weighted by atomic mass is 19.4. The number of hydrogen-bond acceptors (Lipinski definition) is 14. The number of fused-ring (bicyclic) bond motifs is 15. The molecule has 138 heavy (non-hydrogen) atoms. The molecule has 0 amide bonds. The summed E-state index contributed by atoms with van der Waals surface area (Å²) in [5, 5.41) is 3.66. The Kier molecular flexibility index (Phi) is 29.2. The number of pyridine rings is 5. The summed E-state index contributed by atoms with van der Waals surface area (Å²) in [5.41, 5.74) is -1.69. The van der Waals surface area contributed by atoms with E-state index in [0.29, 0.717) is 212 Å². The fourth-order valence-electron chi connectivity index (χ4n) is 19.6. The van der Waals surface area contributed by atoms with E-state index in [1.807, 2.05) is 4.90 Å². The first-order chi connectivity index (χ1) is 65.5. The predicted octanol–water partition coefficient (Wildman–Crippen LogP) is 21.7. The van der Waals surface area contributed by atoms with E-state index < -0.39 is 94.3 Å². The van der Waals surface area contributed by atoms with Gasteiger partial charge in [-0.05, 0) is 154 Å². The lowest BCUT2D eigenvalue weighted by atomic mass is 10.1. The van der Waals surface area contributed by atoms with E-state index in [9.17, 15) is 92.2 Å². The van der Waals surface area contributed by atoms with Crippen molar-refractivity contribution in [2.75, 3.05) is 145 Å². The van der Waals surface area contributed by atoms with Crippen LogP contribution >= 0.6 is 0 Å². The second-order valence-corrected chi connectivity index (χ2v) is 35.7. The molecule has 5 saturated heterocycles. The standard InChI is InChI=1S/C21H23F4N3O.C20H21F4N3.C19H18F5N3O.2C19H19F4N3O/c1-12-8-17-15(9-16(12)22)14-4-5-26-20(21(23,24)25)19(14)28(17)7-6-27-10-13(2)18(11-27)29-3;1-12-4-6-26(11-12)7-8-27-17-9-13(2)16(21)10-15(17)14-3-5-25-19(18(14)27)20(22,23)24;1-11-14(20)10-13-12-2-3-25-18(19(22,23)24)17(12)27(16(13)15(11)21)5-4-26-6-8-28-9-7-26;1-12-10-16-14(11-15(12)20)13-2-3-24-18(19(21,22)23)17(13)26(16)5-4-25-6-8-27-9-7-25;1-12-2-3-13-14-4-5-24-18(19(21,22)23)17(14)26(16(13)15(12)20)7-6-25-8-10-27-11-9-25/h4-5,8-9,13,18H,6-7,10-11H2,1-3H3;3,5,9-10,12H,4,6-8,11H2,1-2H3;2-3,10H,4-9H2,1H3;2-3,10-11H,4-9H2,1H3;2-5H,6-11H2,1H3. The van der Waals surface area contributed by atoms with Crippen molar-refractivity contribution in [2.24, 2.45) is 11.8 Å². The summed E-state index contributed by atoms with van der Waals surface area (Å²) < 4.78 is 320. The van der Waals surface area contributed by atoms with Gasteiger partial charge in [0.05, 0.1) is 84.4 Å². The quantitative estimate of drug-likeness (QED) is 0.0847. The van der Waals surface area contributed by atoms with Crippen LogP contribution in [0.4, 0.5) is 92.2 Å². The summed E-state index contributed by atoms with van der Waals surface area (Å²) in [6.45, 7) is 27.5. The molecule has 5 aromatic carbocycles. The molecule has 0 saturated carbocycles. The highest BCUT2D eigenvalue weighted by Gasteiger charge is 2.43. The van der Waals surface area contributed by atoms with E-state index in [0.717, 1.165) is 82.7 Å². The molecule has 10 aromatic heterocycles. The van der Waals surface area contributed by atoms with Crippen LogP contribution in [0.2, 0.25) is 0 Å². The molecule has 738 valence electrons. The maximum Gasteiger partial charge on any atom is 0.435 e. The number of nitrogens with zero attached hydrogens (tertiary/aromatic N) is 15. The molecule has 5 fully saturated rings. The van der Waals surface area contributed by atoms with Crippen LogP contribution in [0.3, 0.4) is 0 Å². The molecule has 3 atom stereocenters. The van der Waals surface area contributed by atoms with Crippen LogP contribution in [0.15, 0.2) is 116 Å². The zero-order valence-corrected chi connectivity index (χ0v) is 76.6. The lowest BCUT2D eigenvalue weighted by Gasteiger charge is -2.27. The van der Waals surface area contributed by atoms with Gasteiger partial charge in [0.1, 0.15) is 29.1 Å². The monoisotopic (exact) mass is 1950 g/mol. The minimum atomic E-state index is -4.71. The first-order valence-electron chi connectivity index (χ1n) is 45.2. The Morgan fingerprint density at radius 2 is 0.601 bits per heavy atom. The number of rotatable bonds is 16. The van der Waals surface area contributed by atoms with Gasteiger partial charge in [0.25, 0.3) is 0 Å². The molecule has 20 rings (SSSR count). The second-order valence-electron chi connectivity index (χ2n) is 35.7. The van der Waals surface area contributed by atoms with Gasteiger partial charge in [0.2, 0.25) is 0 Å². The molecule has 15 aromatic rings. The fraction of sp³-hybridized carbons (Fsp3) is 0.439. The lowest BCUT2D eigenvalue weighted by molar-refractivity contribution is -0.140. The zero-order chi connectivity index (χ0) is 98.7. The third-order valence-corrected chi connectivity index (χ3v) is 26.7. The van der Waals surface area contributed by atoms with Gasteiger partial charge in [-0.25, -0.2) is 51.3 Å². The van der Waals surface area contributed by atoms with E-state index in [1.165, 1.54) is 64.6 Å². The molecule has 40 heteroatoms. The summed E-state index contributed by atoms with van der Waals surface area (Å²) >= 11 is 0. The summed E-state index contributed by atoms with van der Waals surface area (Å²) in [4.78, 5) is 28.7. The van der Waals surface area contributed by atoms with Gasteiger partial charge in [0.15, 0.2) is 34.3 Å². The van der Waals surface area contributed by atoms with Gasteiger partial charge < -0.3 is 46.7 Å². The summed E-state index contributed by atoms with van der Waals surface area (Å²) in [5.74, 6) is -2.44. The Morgan fingerprint density at radius 3 is 0.928 bits per heavy atom. The van der Waals surface area contributed by atoms with Crippen LogP contribution in [0.25, 0.3) is 109 Å². The molecule has 19 nitrogen and oxygen atoms in total. The van der Waals surface area contributed by atoms with Crippen LogP contribution in [-0.2, 0) is 82.6 Å². The maximum atomic E-state index is 15.0. The Balaban J connectivity index is 0.000000125. The van der Waals surface area contributed by atoms with E-state index in [4.69, 9.17) is 18.9 Å². The fourth-order valence-corrected chi connectivity index (χ4v) is 19.6. The molecule has 0 spiro atoms. The van der Waals surface area contributed by atoms with E-state index in [2.05, 4.69) is 58.4 Å². The number of likely N-dealkylation sites (tertiary alicyclic amines) is 2. The van der Waals surface area contributed by atoms with Gasteiger partial charge >= 0.3 is 30.9 Å². The Hall–Kier alpha value is -11.0. The predicted molar refractivity (Wildman–Crippen MR) is 483 cm³/mol. The number of ether oxygens (including phenoxy) is 4. The van der Waals surface area contributed by atoms with Crippen molar-refractivity contribution in [1.29, 1.82) is 0 Å². The van der Waals surface area contributed by atoms with Crippen molar-refractivity contribution < 1.29 is 111 Å². The van der Waals surface area contributed by atoms with Crippen molar-refractivity contribution in [3.63, 3.8) is 0 Å². The van der Waals surface area contributed by atoms with Gasteiger partial charge in [-0.15, -0.1) is 0 Å². The normalized spacial score (nSPS) is 17.8. The first-order valence-corrected chi connectivity index (χ1v) is 45.2. The molecular formula is C98H100F21N15O4. The van der Waals surface area contributed by atoms with Crippen LogP contribution < -0.4 is 0 Å². The SMILES string of the molecule is COC1CN(CCn2c3cc(C)c(F)cc3c3ccnc(C(F)(F)F)c32)CC1C.Cc1c(F)cc2c3ccnc(C(F)(F)F)c3n(CCN3CCOCC3)c2c1F.Cc1cc2c(cc1F)c1ccnc(C(F)(F)F)c1n2CCN1CCC(C)C1.Cc1cc2c(cc1F)c1ccnc(C(F)(F)F)c1n2CCN1CCOCC1.Cc1ccc2c3ccnc(C(F)(F)F)c3n(CCN3CCOCC3)c2c1F. The maximum absolute atomic E-state index is 15.0. The molecule has 0 N–H and O–H groups in total. The van der Waals surface area contributed by atoms with Crippen molar-refractivity contribution in [3.05, 3.63) is 207 Å². The molecule has 3 unspecified atom stereocenters. The van der Waals surface area contributed by atoms with Crippen molar-refractivity contribution in [3.8, 4) is 0 Å². The van der Waals surface area contributed by atoms with Gasteiger partial charge in [-0.3, -0.25) is 19.6 Å². The summed E-state index contributed by atoms with van der Waals surface area (Å²) in [6.07, 6.45) is -16.3. The Labute approximate surface area is 777 Å². The molecule has 0 bridgehead atoms. The molecule has 0 radical (unpaired) electrons. The minimum absolute atomic E-state index is 0.00976. The number of aromatic nitrogens is 10. The van der Waals surface area contributed by atoms with E-state index in [-0.39, 0.29) is 74.1 Å². The molecule has 0 aliphatic carbocycles. The lowest BCUT2D eigenvalue weighted by Crippen LogP contribution is -2.38. The zero-order valence-electron chi connectivity index (χ0n) is 76.6. The topological polar surface area (TPSA) is 142 Å². The second kappa shape index (κ2) is 40.3. The number of aryl methyl sites for hydroxylation is 4. The third kappa shape index (κ3) is 20.5. The minimum Gasteiger partial charge on any atom is -0.380 e. The highest BCUT2D eigenvalue weighted by molar-refractivity contribution is 6.13. The smallest absolute Gasteiger partial charge is 0.380 e. The van der Waals surface area contributed by atoms with Crippen LogP contribution in [0.5, 0.6) is 0 Å². The number of methoxy groups -OCH3 is 1. The average molecular weight is 1950 g/mol. The van der Waals surface area contributed by atoms with Crippen molar-refractivity contribution >= 4 is 109 Å². The van der Waals surface area contributed by atoms with Gasteiger partial charge in [-0.1, -0.05) is 26.0 Å². The van der Waals surface area contributed by atoms with E-state index in [1.54, 1.807) is 78.8 Å². The number of benzene rings is 5. The van der Waals surface area contributed by atoms with Crippen molar-refractivity contribution in [2.45, 2.75) is 125 Å². The van der Waals surface area contributed by atoms with Gasteiger partial charge in [0, 0.05) is 238 Å². The number of morpholine rings is 3. The number of hydrogen-bond donors (Lipinski definition) is 0. The van der Waals surface area contributed by atoms with Gasteiger partial charge in [-0.2, -0.15) is 65.9 Å². The number of alkyl halides is 15. The highest BCUT2D eigenvalue weighted by Crippen LogP contribution is 2.46. The Morgan fingerprint density at radius 1 is 0.304 bits per heavy atom. The molecule has 15 heterocycles. The number of halogens is 21. The largest absolute Gasteiger partial charge is 0.435 e. The molecule has 5 aliphatic rings. The van der Waals surface area contributed by atoms with Crippen LogP contribution in [-0.4, -0.2) is 223 Å². The van der Waals surface area contributed by atoms with Crippen molar-refractivity contribution in [1.82, 2.24) is 72.3 Å². The Bertz CT molecular complexity index is 6840. The van der Waals surface area contributed by atoms with Crippen LogP contribution in [0, 0.1) is 81.4 Å². The average Bonchev–Trinajstić information content (AvgIpc) is 1.59. The molecule has 5 aliphatic heterocycles. The van der Waals surface area contributed by atoms with E-state index >= 15 is 0 Å². The third-order valence-electron chi connectivity index (χ3n) is 26.7.